The molecule has 0 aliphatic carbocycles. The van der Waals surface area contributed by atoms with Crippen LogP contribution in [0, 0.1) is 6.92 Å². The quantitative estimate of drug-likeness (QED) is 0.882. The Morgan fingerprint density at radius 1 is 1.43 bits per heavy atom. The maximum atomic E-state index is 12.0. The smallest absolute Gasteiger partial charge is 0.242 e. The molecule has 0 saturated heterocycles. The third kappa shape index (κ3) is 3.72. The van der Waals surface area contributed by atoms with Gasteiger partial charge in [-0.2, -0.15) is 5.10 Å². The fourth-order valence-electron chi connectivity index (χ4n) is 1.87. The Bertz CT molecular complexity index is 711. The first-order valence-electron chi connectivity index (χ1n) is 6.55. The molecule has 2 aromatic rings. The van der Waals surface area contributed by atoms with Crippen LogP contribution in [0.15, 0.2) is 24.5 Å². The van der Waals surface area contributed by atoms with Gasteiger partial charge in [0, 0.05) is 13.2 Å². The lowest BCUT2D eigenvalue weighted by atomic mass is 10.4. The van der Waals surface area contributed by atoms with E-state index in [9.17, 15) is 8.42 Å². The van der Waals surface area contributed by atoms with E-state index in [1.54, 1.807) is 38.5 Å². The lowest BCUT2D eigenvalue weighted by molar-refractivity contribution is 0.430. The molecule has 1 N–H and O–H groups in total. The van der Waals surface area contributed by atoms with Crippen LogP contribution in [0.4, 0.5) is 5.69 Å². The minimum atomic E-state index is -3.41. The van der Waals surface area contributed by atoms with Crippen molar-refractivity contribution in [1.82, 2.24) is 14.8 Å². The largest absolute Gasteiger partial charge is 0.436 e. The normalized spacial score (nSPS) is 11.4. The summed E-state index contributed by atoms with van der Waals surface area (Å²) in [4.78, 5) is 3.96. The Labute approximate surface area is 124 Å². The molecule has 2 heterocycles. The van der Waals surface area contributed by atoms with Crippen LogP contribution in [0.3, 0.4) is 0 Å². The number of rotatable bonds is 6. The van der Waals surface area contributed by atoms with Gasteiger partial charge < -0.3 is 4.74 Å². The van der Waals surface area contributed by atoms with Gasteiger partial charge in [-0.1, -0.05) is 6.92 Å². The predicted octanol–water partition coefficient (Wildman–Crippen LogP) is 2.07. The van der Waals surface area contributed by atoms with Crippen molar-refractivity contribution >= 4 is 15.7 Å². The molecule has 0 saturated carbocycles. The van der Waals surface area contributed by atoms with Gasteiger partial charge in [0.2, 0.25) is 15.9 Å². The van der Waals surface area contributed by atoms with Gasteiger partial charge >= 0.3 is 0 Å². The summed E-state index contributed by atoms with van der Waals surface area (Å²) in [5.74, 6) is 0.893. The van der Waals surface area contributed by atoms with Gasteiger partial charge in [-0.05, 0) is 25.5 Å². The Hall–Kier alpha value is -2.09. The molecule has 7 nitrogen and oxygen atoms in total. The number of aryl methyl sites for hydroxylation is 2. The lowest BCUT2D eigenvalue weighted by Gasteiger charge is -2.10. The van der Waals surface area contributed by atoms with Crippen LogP contribution >= 0.6 is 0 Å². The standard InChI is InChI=1S/C13H18N4O3S/c1-4-8-21(18,19)16-12-10(2)15-17(3)13(12)20-11-6-5-7-14-9-11/h5-7,9,16H,4,8H2,1-3H3. The number of ether oxygens (including phenoxy) is 1. The maximum absolute atomic E-state index is 12.0. The van der Waals surface area contributed by atoms with Crippen molar-refractivity contribution in [3.8, 4) is 11.6 Å². The molecule has 21 heavy (non-hydrogen) atoms. The Morgan fingerprint density at radius 2 is 2.19 bits per heavy atom. The van der Waals surface area contributed by atoms with E-state index in [4.69, 9.17) is 4.74 Å². The van der Waals surface area contributed by atoms with Crippen LogP contribution in [-0.2, 0) is 17.1 Å². The van der Waals surface area contributed by atoms with Crippen LogP contribution in [0.1, 0.15) is 19.0 Å². The molecule has 0 bridgehead atoms. The van der Waals surface area contributed by atoms with E-state index >= 15 is 0 Å². The summed E-state index contributed by atoms with van der Waals surface area (Å²) in [5, 5.41) is 4.20. The minimum absolute atomic E-state index is 0.0493. The number of nitrogens with zero attached hydrogens (tertiary/aromatic N) is 3. The van der Waals surface area contributed by atoms with E-state index in [0.29, 0.717) is 29.4 Å². The number of hydrogen-bond donors (Lipinski definition) is 1. The first kappa shape index (κ1) is 15.3. The molecule has 0 unspecified atom stereocenters. The molecule has 0 amide bonds. The number of hydrogen-bond acceptors (Lipinski definition) is 5. The average Bonchev–Trinajstić information content (AvgIpc) is 2.66. The molecule has 0 fully saturated rings. The molecule has 2 rings (SSSR count). The van der Waals surface area contributed by atoms with Gasteiger partial charge in [0.25, 0.3) is 0 Å². The summed E-state index contributed by atoms with van der Waals surface area (Å²) in [6, 6.07) is 3.47. The zero-order chi connectivity index (χ0) is 15.5. The second kappa shape index (κ2) is 6.13. The highest BCUT2D eigenvalue weighted by molar-refractivity contribution is 7.92. The molecule has 0 radical (unpaired) electrons. The van der Waals surface area contributed by atoms with Crippen molar-refractivity contribution < 1.29 is 13.2 Å². The van der Waals surface area contributed by atoms with Crippen molar-refractivity contribution in [2.45, 2.75) is 20.3 Å². The van der Waals surface area contributed by atoms with E-state index in [1.165, 1.54) is 4.68 Å². The second-order valence-electron chi connectivity index (χ2n) is 4.60. The maximum Gasteiger partial charge on any atom is 0.242 e. The van der Waals surface area contributed by atoms with Gasteiger partial charge in [0.05, 0.1) is 17.6 Å². The Kier molecular flexibility index (Phi) is 4.46. The van der Waals surface area contributed by atoms with E-state index in [-0.39, 0.29) is 5.75 Å². The molecule has 0 aliphatic heterocycles. The average molecular weight is 310 g/mol. The van der Waals surface area contributed by atoms with Crippen LogP contribution in [0.5, 0.6) is 11.6 Å². The highest BCUT2D eigenvalue weighted by atomic mass is 32.2. The number of aromatic nitrogens is 3. The number of sulfonamides is 1. The predicted molar refractivity (Wildman–Crippen MR) is 80.0 cm³/mol. The SMILES string of the molecule is CCCS(=O)(=O)Nc1c(C)nn(C)c1Oc1cccnc1. The summed E-state index contributed by atoms with van der Waals surface area (Å²) in [5.41, 5.74) is 0.908. The first-order valence-corrected chi connectivity index (χ1v) is 8.20. The highest BCUT2D eigenvalue weighted by Gasteiger charge is 2.20. The van der Waals surface area contributed by atoms with E-state index in [2.05, 4.69) is 14.8 Å². The van der Waals surface area contributed by atoms with Crippen molar-refractivity contribution in [3.05, 3.63) is 30.2 Å². The van der Waals surface area contributed by atoms with Gasteiger partial charge in [-0.25, -0.2) is 13.1 Å². The molecular formula is C13H18N4O3S. The van der Waals surface area contributed by atoms with Crippen LogP contribution in [0.25, 0.3) is 0 Å². The topological polar surface area (TPSA) is 86.1 Å². The number of nitrogens with one attached hydrogen (secondary N) is 1. The van der Waals surface area contributed by atoms with Crippen LogP contribution < -0.4 is 9.46 Å². The monoisotopic (exact) mass is 310 g/mol. The fraction of sp³-hybridized carbons (Fsp3) is 0.385. The van der Waals surface area contributed by atoms with Gasteiger partial charge in [-0.15, -0.1) is 0 Å². The summed E-state index contributed by atoms with van der Waals surface area (Å²) < 4.78 is 33.6. The van der Waals surface area contributed by atoms with Crippen LogP contribution in [-0.4, -0.2) is 28.9 Å². The second-order valence-corrected chi connectivity index (χ2v) is 6.44. The van der Waals surface area contributed by atoms with Crippen molar-refractivity contribution in [3.63, 3.8) is 0 Å². The summed E-state index contributed by atoms with van der Waals surface area (Å²) in [6.45, 7) is 3.53. The molecule has 2 aromatic heterocycles. The van der Waals surface area contributed by atoms with Crippen LogP contribution in [0.2, 0.25) is 0 Å². The third-order valence-corrected chi connectivity index (χ3v) is 4.21. The Balaban J connectivity index is 2.34. The van der Waals surface area contributed by atoms with Crippen molar-refractivity contribution in [2.75, 3.05) is 10.5 Å². The summed E-state index contributed by atoms with van der Waals surface area (Å²) in [6.07, 6.45) is 3.71. The first-order chi connectivity index (χ1) is 9.93. The zero-order valence-corrected chi connectivity index (χ0v) is 13.0. The molecule has 0 aliphatic rings. The minimum Gasteiger partial charge on any atom is -0.436 e. The van der Waals surface area contributed by atoms with Gasteiger partial charge in [0.15, 0.2) is 0 Å². The van der Waals surface area contributed by atoms with Crippen molar-refractivity contribution in [1.29, 1.82) is 0 Å². The van der Waals surface area contributed by atoms with E-state index in [0.717, 1.165) is 0 Å². The van der Waals surface area contributed by atoms with Crippen molar-refractivity contribution in [2.24, 2.45) is 7.05 Å². The molecule has 8 heteroatoms. The molecule has 114 valence electrons. The number of pyridine rings is 1. The van der Waals surface area contributed by atoms with Gasteiger partial charge in [-0.3, -0.25) is 9.71 Å². The lowest BCUT2D eigenvalue weighted by Crippen LogP contribution is -2.16. The summed E-state index contributed by atoms with van der Waals surface area (Å²) >= 11 is 0. The zero-order valence-electron chi connectivity index (χ0n) is 12.2. The molecule has 0 spiro atoms. The van der Waals surface area contributed by atoms with Gasteiger partial charge in [0.1, 0.15) is 11.4 Å². The highest BCUT2D eigenvalue weighted by Crippen LogP contribution is 2.32. The van der Waals surface area contributed by atoms with E-state index < -0.39 is 10.0 Å². The Morgan fingerprint density at radius 3 is 2.81 bits per heavy atom. The third-order valence-electron chi connectivity index (χ3n) is 2.75. The number of anilines is 1. The molecule has 0 aromatic carbocycles. The summed E-state index contributed by atoms with van der Waals surface area (Å²) in [7, 11) is -1.72. The molecular weight excluding hydrogens is 292 g/mol. The fourth-order valence-corrected chi connectivity index (χ4v) is 3.05. The van der Waals surface area contributed by atoms with E-state index in [1.807, 2.05) is 6.92 Å². The molecule has 0 atom stereocenters.